The van der Waals surface area contributed by atoms with Crippen molar-refractivity contribution >= 4 is 17.7 Å². The van der Waals surface area contributed by atoms with E-state index in [9.17, 15) is 14.4 Å². The van der Waals surface area contributed by atoms with Crippen LogP contribution in [0.25, 0.3) is 0 Å². The highest BCUT2D eigenvalue weighted by molar-refractivity contribution is 6.03. The van der Waals surface area contributed by atoms with Crippen LogP contribution in [0.2, 0.25) is 0 Å². The van der Waals surface area contributed by atoms with Crippen LogP contribution in [-0.2, 0) is 32.2 Å². The molecular weight excluding hydrogens is 386 g/mol. The molecule has 1 aromatic rings. The summed E-state index contributed by atoms with van der Waals surface area (Å²) in [5.41, 5.74) is 0.729. The molecule has 2 aliphatic rings. The number of nitrogens with one attached hydrogen (secondary N) is 1. The Morgan fingerprint density at radius 2 is 2.00 bits per heavy atom. The first-order chi connectivity index (χ1) is 14.5. The fraction of sp³-hybridized carbons (Fsp3) is 0.762. The Bertz CT molecular complexity index is 742. The minimum Gasteiger partial charge on any atom is -0.380 e. The van der Waals surface area contributed by atoms with Crippen LogP contribution >= 0.6 is 0 Å². The molecule has 1 aromatic heterocycles. The SMILES string of the molecule is CCCOCCn1cc(CNC(=O)C2CCC(CN3C(=O)CC(C)C3=O)CC2)nn1. The zero-order chi connectivity index (χ0) is 21.5. The van der Waals surface area contributed by atoms with E-state index in [0.29, 0.717) is 38.6 Å². The van der Waals surface area contributed by atoms with Crippen molar-refractivity contribution in [2.75, 3.05) is 19.8 Å². The molecular formula is C21H33N5O4. The summed E-state index contributed by atoms with van der Waals surface area (Å²) >= 11 is 0. The highest BCUT2D eigenvalue weighted by atomic mass is 16.5. The molecule has 1 N–H and O–H groups in total. The first kappa shape index (κ1) is 22.4. The first-order valence-electron chi connectivity index (χ1n) is 11.1. The molecule has 1 saturated heterocycles. The normalized spacial score (nSPS) is 24.5. The summed E-state index contributed by atoms with van der Waals surface area (Å²) < 4.78 is 7.17. The van der Waals surface area contributed by atoms with E-state index in [1.54, 1.807) is 11.6 Å². The number of carbonyl (C=O) groups excluding carboxylic acids is 3. The van der Waals surface area contributed by atoms with Crippen LogP contribution in [0.15, 0.2) is 6.20 Å². The van der Waals surface area contributed by atoms with Gasteiger partial charge in [0.2, 0.25) is 17.7 Å². The van der Waals surface area contributed by atoms with Crippen molar-refractivity contribution in [2.24, 2.45) is 17.8 Å². The van der Waals surface area contributed by atoms with E-state index in [-0.39, 0.29) is 29.6 Å². The topological polar surface area (TPSA) is 106 Å². The van der Waals surface area contributed by atoms with Gasteiger partial charge in [-0.3, -0.25) is 19.3 Å². The van der Waals surface area contributed by atoms with Crippen molar-refractivity contribution in [3.05, 3.63) is 11.9 Å². The third-order valence-electron chi connectivity index (χ3n) is 5.97. The Balaban J connectivity index is 1.36. The van der Waals surface area contributed by atoms with E-state index >= 15 is 0 Å². The molecule has 9 nitrogen and oxygen atoms in total. The molecule has 9 heteroatoms. The number of ether oxygens (including phenoxy) is 1. The van der Waals surface area contributed by atoms with E-state index < -0.39 is 0 Å². The van der Waals surface area contributed by atoms with Gasteiger partial charge in [-0.15, -0.1) is 5.10 Å². The molecule has 2 fully saturated rings. The Kier molecular flexibility index (Phi) is 7.95. The Labute approximate surface area is 177 Å². The van der Waals surface area contributed by atoms with Crippen LogP contribution in [0.1, 0.15) is 58.1 Å². The second-order valence-corrected chi connectivity index (χ2v) is 8.47. The lowest BCUT2D eigenvalue weighted by Crippen LogP contribution is -2.38. The number of amides is 3. The molecule has 3 amide bonds. The zero-order valence-corrected chi connectivity index (χ0v) is 18.0. The van der Waals surface area contributed by atoms with Gasteiger partial charge in [-0.25, -0.2) is 4.68 Å². The monoisotopic (exact) mass is 419 g/mol. The van der Waals surface area contributed by atoms with Crippen molar-refractivity contribution in [1.82, 2.24) is 25.2 Å². The molecule has 0 spiro atoms. The maximum atomic E-state index is 12.5. The molecule has 166 valence electrons. The Morgan fingerprint density at radius 3 is 2.67 bits per heavy atom. The fourth-order valence-electron chi connectivity index (χ4n) is 4.16. The zero-order valence-electron chi connectivity index (χ0n) is 18.0. The van der Waals surface area contributed by atoms with E-state index in [4.69, 9.17) is 4.74 Å². The minimum absolute atomic E-state index is 0.0253. The molecule has 0 bridgehead atoms. The second kappa shape index (κ2) is 10.7. The lowest BCUT2D eigenvalue weighted by atomic mass is 9.81. The van der Waals surface area contributed by atoms with Gasteiger partial charge in [0, 0.05) is 31.4 Å². The molecule has 30 heavy (non-hydrogen) atoms. The number of aromatic nitrogens is 3. The highest BCUT2D eigenvalue weighted by Gasteiger charge is 2.37. The van der Waals surface area contributed by atoms with Gasteiger partial charge in [-0.05, 0) is 38.0 Å². The molecule has 1 unspecified atom stereocenters. The van der Waals surface area contributed by atoms with Crippen molar-refractivity contribution in [3.8, 4) is 0 Å². The fourth-order valence-corrected chi connectivity index (χ4v) is 4.16. The number of hydrogen-bond donors (Lipinski definition) is 1. The lowest BCUT2D eigenvalue weighted by Gasteiger charge is -2.30. The summed E-state index contributed by atoms with van der Waals surface area (Å²) in [6.07, 6.45) is 6.43. The molecule has 1 aliphatic heterocycles. The number of rotatable bonds is 10. The predicted octanol–water partition coefficient (Wildman–Crippen LogP) is 1.52. The Morgan fingerprint density at radius 1 is 1.23 bits per heavy atom. The molecule has 0 radical (unpaired) electrons. The maximum Gasteiger partial charge on any atom is 0.232 e. The van der Waals surface area contributed by atoms with Crippen LogP contribution in [-0.4, -0.2) is 57.4 Å². The van der Waals surface area contributed by atoms with Crippen LogP contribution in [0.3, 0.4) is 0 Å². The number of carbonyl (C=O) groups is 3. The molecule has 1 aliphatic carbocycles. The smallest absolute Gasteiger partial charge is 0.232 e. The summed E-state index contributed by atoms with van der Waals surface area (Å²) in [7, 11) is 0. The van der Waals surface area contributed by atoms with E-state index in [1.165, 1.54) is 4.90 Å². The summed E-state index contributed by atoms with van der Waals surface area (Å²) in [6, 6.07) is 0. The van der Waals surface area contributed by atoms with Crippen LogP contribution in [0.5, 0.6) is 0 Å². The minimum atomic E-state index is -0.193. The quantitative estimate of drug-likeness (QED) is 0.455. The maximum absolute atomic E-state index is 12.5. The first-order valence-corrected chi connectivity index (χ1v) is 11.1. The highest BCUT2D eigenvalue weighted by Crippen LogP contribution is 2.31. The lowest BCUT2D eigenvalue weighted by molar-refractivity contribution is -0.140. The average molecular weight is 420 g/mol. The van der Waals surface area contributed by atoms with Gasteiger partial charge in [-0.1, -0.05) is 19.1 Å². The van der Waals surface area contributed by atoms with Crippen molar-refractivity contribution in [3.63, 3.8) is 0 Å². The predicted molar refractivity (Wildman–Crippen MR) is 109 cm³/mol. The standard InChI is InChI=1S/C21H33N5O4/c1-3-9-30-10-8-25-14-18(23-24-25)12-22-20(28)17-6-4-16(5-7-17)13-26-19(27)11-15(2)21(26)29/h14-17H,3-13H2,1-2H3,(H,22,28). The molecule has 0 aromatic carbocycles. The van der Waals surface area contributed by atoms with Crippen LogP contribution in [0.4, 0.5) is 0 Å². The van der Waals surface area contributed by atoms with Crippen molar-refractivity contribution in [2.45, 2.75) is 65.5 Å². The van der Waals surface area contributed by atoms with Gasteiger partial charge >= 0.3 is 0 Å². The third-order valence-corrected chi connectivity index (χ3v) is 5.97. The molecule has 1 saturated carbocycles. The largest absolute Gasteiger partial charge is 0.380 e. The molecule has 1 atom stereocenters. The summed E-state index contributed by atoms with van der Waals surface area (Å²) in [4.78, 5) is 38.0. The average Bonchev–Trinajstić information content (AvgIpc) is 3.29. The van der Waals surface area contributed by atoms with Gasteiger partial charge < -0.3 is 10.1 Å². The van der Waals surface area contributed by atoms with E-state index in [1.807, 2.05) is 6.20 Å². The molecule has 2 heterocycles. The van der Waals surface area contributed by atoms with Gasteiger partial charge in [-0.2, -0.15) is 0 Å². The van der Waals surface area contributed by atoms with E-state index in [0.717, 1.165) is 44.4 Å². The second-order valence-electron chi connectivity index (χ2n) is 8.47. The Hall–Kier alpha value is -2.29. The summed E-state index contributed by atoms with van der Waals surface area (Å²) in [5, 5.41) is 11.1. The van der Waals surface area contributed by atoms with Gasteiger partial charge in [0.15, 0.2) is 0 Å². The summed E-state index contributed by atoms with van der Waals surface area (Å²) in [5.74, 6) is 0.00423. The van der Waals surface area contributed by atoms with Gasteiger partial charge in [0.1, 0.15) is 5.69 Å². The van der Waals surface area contributed by atoms with Crippen molar-refractivity contribution < 1.29 is 19.1 Å². The number of nitrogens with zero attached hydrogens (tertiary/aromatic N) is 4. The van der Waals surface area contributed by atoms with Crippen LogP contribution < -0.4 is 5.32 Å². The third kappa shape index (κ3) is 5.87. The number of imide groups is 1. The van der Waals surface area contributed by atoms with Gasteiger partial charge in [0.05, 0.1) is 25.9 Å². The van der Waals surface area contributed by atoms with Crippen LogP contribution in [0, 0.1) is 17.8 Å². The van der Waals surface area contributed by atoms with Gasteiger partial charge in [0.25, 0.3) is 0 Å². The number of likely N-dealkylation sites (tertiary alicyclic amines) is 1. The van der Waals surface area contributed by atoms with E-state index in [2.05, 4.69) is 22.6 Å². The summed E-state index contributed by atoms with van der Waals surface area (Å²) in [6.45, 7) is 6.72. The number of hydrogen-bond acceptors (Lipinski definition) is 6. The van der Waals surface area contributed by atoms with Crippen molar-refractivity contribution in [1.29, 1.82) is 0 Å². The molecule has 3 rings (SSSR count).